The molecule has 0 rings (SSSR count). The number of hydrogen-bond acceptors (Lipinski definition) is 10. The summed E-state index contributed by atoms with van der Waals surface area (Å²) >= 11 is 0. The van der Waals surface area contributed by atoms with Gasteiger partial charge in [-0.25, -0.2) is 4.79 Å². The van der Waals surface area contributed by atoms with Crippen LogP contribution in [0, 0.1) is 11.8 Å². The highest BCUT2D eigenvalue weighted by atomic mass is 16.4. The minimum Gasteiger partial charge on any atom is -0.480 e. The van der Waals surface area contributed by atoms with Gasteiger partial charge in [0.05, 0.1) is 19.2 Å². The lowest BCUT2D eigenvalue weighted by Crippen LogP contribution is -2.60. The van der Waals surface area contributed by atoms with Crippen LogP contribution in [-0.4, -0.2) is 107 Å². The van der Waals surface area contributed by atoms with Gasteiger partial charge in [0.25, 0.3) is 0 Å². The van der Waals surface area contributed by atoms with Crippen LogP contribution in [0.15, 0.2) is 0 Å². The summed E-state index contributed by atoms with van der Waals surface area (Å²) in [7, 11) is 0. The molecule has 0 aliphatic heterocycles. The van der Waals surface area contributed by atoms with Gasteiger partial charge in [0.15, 0.2) is 0 Å². The van der Waals surface area contributed by atoms with E-state index in [0.717, 1.165) is 0 Å². The van der Waals surface area contributed by atoms with E-state index in [4.69, 9.17) is 11.5 Å². The van der Waals surface area contributed by atoms with Crippen molar-refractivity contribution < 1.29 is 48.6 Å². The van der Waals surface area contributed by atoms with Crippen molar-refractivity contribution in [1.29, 1.82) is 0 Å². The van der Waals surface area contributed by atoms with Crippen LogP contribution in [0.3, 0.4) is 0 Å². The Morgan fingerprint density at radius 1 is 0.711 bits per heavy atom. The summed E-state index contributed by atoms with van der Waals surface area (Å²) in [4.78, 5) is 97.9. The maximum absolute atomic E-state index is 13.0. The molecule has 0 heterocycles. The van der Waals surface area contributed by atoms with Gasteiger partial charge in [-0.2, -0.15) is 0 Å². The molecule has 0 saturated carbocycles. The quantitative estimate of drug-likeness (QED) is 0.0608. The fourth-order valence-electron chi connectivity index (χ4n) is 3.83. The molecule has 0 spiro atoms. The first-order valence-electron chi connectivity index (χ1n) is 14.5. The lowest BCUT2D eigenvalue weighted by molar-refractivity contribution is -0.142. The topological polar surface area (TPSA) is 301 Å². The van der Waals surface area contributed by atoms with Crippen LogP contribution in [0.2, 0.25) is 0 Å². The number of hydrogen-bond donors (Lipinski definition) is 10. The van der Waals surface area contributed by atoms with Gasteiger partial charge < -0.3 is 53.6 Å². The van der Waals surface area contributed by atoms with Crippen LogP contribution in [0.1, 0.15) is 60.8 Å². The normalized spacial score (nSPS) is 15.6. The van der Waals surface area contributed by atoms with Crippen molar-refractivity contribution in [2.75, 3.05) is 13.1 Å². The van der Waals surface area contributed by atoms with Crippen molar-refractivity contribution in [2.45, 2.75) is 97.1 Å². The molecule has 0 aromatic heterocycles. The molecule has 7 amide bonds. The minimum absolute atomic E-state index is 0.253. The number of aliphatic hydroxyl groups excluding tert-OH is 1. The fraction of sp³-hybridized carbons (Fsp3) is 0.704. The number of aliphatic carboxylic acids is 1. The smallest absolute Gasteiger partial charge is 0.326 e. The second kappa shape index (κ2) is 19.9. The van der Waals surface area contributed by atoms with Crippen LogP contribution in [-0.2, 0) is 38.4 Å². The largest absolute Gasteiger partial charge is 0.480 e. The first kappa shape index (κ1) is 40.7. The van der Waals surface area contributed by atoms with Crippen molar-refractivity contribution in [2.24, 2.45) is 23.3 Å². The summed E-state index contributed by atoms with van der Waals surface area (Å²) in [5, 5.41) is 33.6. The van der Waals surface area contributed by atoms with E-state index in [0.29, 0.717) is 6.42 Å². The molecule has 18 heteroatoms. The first-order valence-corrected chi connectivity index (χ1v) is 14.5. The number of aliphatic hydroxyl groups is 1. The molecule has 18 nitrogen and oxygen atoms in total. The average Bonchev–Trinajstić information content (AvgIpc) is 2.96. The summed E-state index contributed by atoms with van der Waals surface area (Å²) in [5.41, 5.74) is 10.3. The van der Waals surface area contributed by atoms with Gasteiger partial charge in [-0.05, 0) is 32.1 Å². The monoisotopic (exact) mass is 644 g/mol. The first-order chi connectivity index (χ1) is 20.9. The summed E-state index contributed by atoms with van der Waals surface area (Å²) in [6.45, 7) is 8.24. The highest BCUT2D eigenvalue weighted by molar-refractivity contribution is 5.96. The number of amides is 7. The zero-order chi connectivity index (χ0) is 35.0. The van der Waals surface area contributed by atoms with Crippen molar-refractivity contribution in [1.82, 2.24) is 31.9 Å². The van der Waals surface area contributed by atoms with Crippen molar-refractivity contribution in [3.05, 3.63) is 0 Å². The van der Waals surface area contributed by atoms with E-state index in [9.17, 15) is 48.6 Å². The van der Waals surface area contributed by atoms with E-state index < -0.39 is 96.1 Å². The third-order valence-electron chi connectivity index (χ3n) is 6.79. The van der Waals surface area contributed by atoms with Crippen molar-refractivity contribution in [3.63, 3.8) is 0 Å². The number of nitrogens with two attached hydrogens (primary N) is 2. The molecule has 45 heavy (non-hydrogen) atoms. The van der Waals surface area contributed by atoms with Crippen LogP contribution in [0.5, 0.6) is 0 Å². The third-order valence-corrected chi connectivity index (χ3v) is 6.79. The molecule has 0 saturated heterocycles. The highest BCUT2D eigenvalue weighted by Crippen LogP contribution is 2.09. The number of primary amides is 1. The highest BCUT2D eigenvalue weighted by Gasteiger charge is 2.33. The fourth-order valence-corrected chi connectivity index (χ4v) is 3.83. The molecular weight excluding hydrogens is 596 g/mol. The van der Waals surface area contributed by atoms with E-state index in [1.165, 1.54) is 13.8 Å². The molecular formula is C27H48N8O10. The summed E-state index contributed by atoms with van der Waals surface area (Å²) < 4.78 is 0. The minimum atomic E-state index is -1.49. The number of carboxylic acid groups (broad SMARTS) is 1. The van der Waals surface area contributed by atoms with Crippen molar-refractivity contribution >= 4 is 47.3 Å². The van der Waals surface area contributed by atoms with Gasteiger partial charge in [-0.3, -0.25) is 33.6 Å². The average molecular weight is 645 g/mol. The number of carboxylic acids is 1. The SMILES string of the molecule is CC[C@H](C)[C@H](NC(=O)CNC(=O)[C@@H](NC(=O)[C@@H](NC(=O)CN)C(C)C)[C@@H](C)O)C(=O)N[C@@H](C)C(=O)N[C@@H](CCC(N)=O)C(=O)O. The Bertz CT molecular complexity index is 1080. The van der Waals surface area contributed by atoms with E-state index >= 15 is 0 Å². The lowest BCUT2D eigenvalue weighted by Gasteiger charge is -2.27. The van der Waals surface area contributed by atoms with Gasteiger partial charge in [-0.1, -0.05) is 34.1 Å². The zero-order valence-corrected chi connectivity index (χ0v) is 26.5. The molecule has 0 fully saturated rings. The predicted octanol–water partition coefficient (Wildman–Crippen LogP) is -4.06. The summed E-state index contributed by atoms with van der Waals surface area (Å²) in [6, 6.07) is -6.36. The number of nitrogens with one attached hydrogen (secondary N) is 6. The van der Waals surface area contributed by atoms with E-state index in [2.05, 4.69) is 31.9 Å². The van der Waals surface area contributed by atoms with Crippen LogP contribution in [0.4, 0.5) is 0 Å². The Morgan fingerprint density at radius 2 is 1.27 bits per heavy atom. The summed E-state index contributed by atoms with van der Waals surface area (Å²) in [6.07, 6.45) is -1.51. The Morgan fingerprint density at radius 3 is 1.73 bits per heavy atom. The molecule has 0 unspecified atom stereocenters. The van der Waals surface area contributed by atoms with Crippen LogP contribution < -0.4 is 43.4 Å². The van der Waals surface area contributed by atoms with Gasteiger partial charge in [0, 0.05) is 6.42 Å². The molecule has 12 N–H and O–H groups in total. The molecule has 0 aliphatic carbocycles. The predicted molar refractivity (Wildman–Crippen MR) is 159 cm³/mol. The molecule has 0 aliphatic rings. The molecule has 256 valence electrons. The molecule has 0 radical (unpaired) electrons. The van der Waals surface area contributed by atoms with Crippen molar-refractivity contribution in [3.8, 4) is 0 Å². The second-order valence-electron chi connectivity index (χ2n) is 11.0. The second-order valence-corrected chi connectivity index (χ2v) is 11.0. The Balaban J connectivity index is 5.38. The Labute approximate surface area is 261 Å². The van der Waals surface area contributed by atoms with Gasteiger partial charge in [0.2, 0.25) is 41.4 Å². The van der Waals surface area contributed by atoms with E-state index in [1.54, 1.807) is 27.7 Å². The van der Waals surface area contributed by atoms with Crippen LogP contribution >= 0.6 is 0 Å². The maximum Gasteiger partial charge on any atom is 0.326 e. The van der Waals surface area contributed by atoms with Gasteiger partial charge in [-0.15, -0.1) is 0 Å². The third kappa shape index (κ3) is 14.8. The molecule has 7 atom stereocenters. The lowest BCUT2D eigenvalue weighted by atomic mass is 9.98. The molecule has 0 bridgehead atoms. The van der Waals surface area contributed by atoms with E-state index in [-0.39, 0.29) is 25.3 Å². The standard InChI is InChI=1S/C27H48N8O10/c1-7-13(4)21(26(43)31-14(5)23(40)32-16(27(44)45)8-9-17(29)37)34-19(39)11-30-24(41)22(15(6)36)35-25(42)20(12(2)3)33-18(38)10-28/h12-16,20-22,36H,7-11,28H2,1-6H3,(H2,29,37)(H,30,41)(H,31,43)(H,32,40)(H,33,38)(H,34,39)(H,35,42)(H,44,45)/t13-,14-,15+,16-,20-,21-,22-/m0/s1. The zero-order valence-electron chi connectivity index (χ0n) is 26.5. The number of carbonyl (C=O) groups is 8. The molecule has 0 aromatic carbocycles. The van der Waals surface area contributed by atoms with Crippen LogP contribution in [0.25, 0.3) is 0 Å². The van der Waals surface area contributed by atoms with Gasteiger partial charge >= 0.3 is 5.97 Å². The summed E-state index contributed by atoms with van der Waals surface area (Å²) in [5.74, 6) is -7.66. The molecule has 0 aromatic rings. The number of rotatable bonds is 20. The van der Waals surface area contributed by atoms with E-state index in [1.807, 2.05) is 0 Å². The Hall–Kier alpha value is -4.32. The maximum atomic E-state index is 13.0. The number of carbonyl (C=O) groups excluding carboxylic acids is 7. The van der Waals surface area contributed by atoms with Gasteiger partial charge in [0.1, 0.15) is 30.2 Å². The Kier molecular flexibility index (Phi) is 17.9.